The highest BCUT2D eigenvalue weighted by Gasteiger charge is 2.10. The second-order valence-electron chi connectivity index (χ2n) is 5.34. The van der Waals surface area contributed by atoms with Crippen molar-refractivity contribution in [2.45, 2.75) is 39.8 Å². The summed E-state index contributed by atoms with van der Waals surface area (Å²) in [4.78, 5) is 12.3. The molecule has 2 aromatic heterocycles. The van der Waals surface area contributed by atoms with Crippen molar-refractivity contribution in [1.29, 1.82) is 0 Å². The molecule has 1 atom stereocenters. The van der Waals surface area contributed by atoms with Gasteiger partial charge in [0, 0.05) is 24.2 Å². The maximum atomic E-state index is 4.49. The summed E-state index contributed by atoms with van der Waals surface area (Å²) in [6.07, 6.45) is 3.04. The largest absolute Gasteiger partial charge is 0.354 e. The van der Waals surface area contributed by atoms with E-state index in [2.05, 4.69) is 60.1 Å². The lowest BCUT2D eigenvalue weighted by Crippen LogP contribution is -2.21. The van der Waals surface area contributed by atoms with Crippen LogP contribution in [0, 0.1) is 6.92 Å². The Hall–Kier alpha value is -1.46. The zero-order valence-electron chi connectivity index (χ0n) is 13.3. The van der Waals surface area contributed by atoms with Crippen molar-refractivity contribution >= 4 is 17.2 Å². The molecule has 21 heavy (non-hydrogen) atoms. The Morgan fingerprint density at radius 1 is 1.38 bits per heavy atom. The molecule has 0 radical (unpaired) electrons. The average Bonchev–Trinajstić information content (AvgIpc) is 2.90. The molecular formula is C16H24N4S. The van der Waals surface area contributed by atoms with Crippen LogP contribution in [0.2, 0.25) is 0 Å². The molecule has 0 fully saturated rings. The summed E-state index contributed by atoms with van der Waals surface area (Å²) in [6, 6.07) is 4.61. The van der Waals surface area contributed by atoms with Crippen LogP contribution in [-0.2, 0) is 6.54 Å². The standard InChI is InChI=1S/C16H24N4S/c1-5-7-17-12(2)14-6-8-18-16(9-14)20(4)10-15-13(3)19-11-21-15/h6,8-9,11-12,17H,5,7,10H2,1-4H3. The van der Waals surface area contributed by atoms with Crippen LogP contribution < -0.4 is 10.2 Å². The van der Waals surface area contributed by atoms with Gasteiger partial charge in [-0.05, 0) is 44.5 Å². The van der Waals surface area contributed by atoms with Crippen LogP contribution in [0.3, 0.4) is 0 Å². The second-order valence-corrected chi connectivity index (χ2v) is 6.28. The van der Waals surface area contributed by atoms with Crippen molar-refractivity contribution in [3.63, 3.8) is 0 Å². The Kier molecular flexibility index (Phi) is 5.70. The summed E-state index contributed by atoms with van der Waals surface area (Å²) in [5, 5.41) is 3.52. The fourth-order valence-electron chi connectivity index (χ4n) is 2.17. The van der Waals surface area contributed by atoms with Crippen LogP contribution in [0.4, 0.5) is 5.82 Å². The summed E-state index contributed by atoms with van der Waals surface area (Å²) in [6.45, 7) is 8.32. The summed E-state index contributed by atoms with van der Waals surface area (Å²) < 4.78 is 0. The third-order valence-electron chi connectivity index (χ3n) is 3.59. The number of aromatic nitrogens is 2. The SMILES string of the molecule is CCCNC(C)c1ccnc(N(C)Cc2scnc2C)c1. The second kappa shape index (κ2) is 7.52. The number of nitrogens with one attached hydrogen (secondary N) is 1. The predicted octanol–water partition coefficient (Wildman–Crippen LogP) is 3.54. The van der Waals surface area contributed by atoms with Gasteiger partial charge in [-0.1, -0.05) is 6.92 Å². The fourth-order valence-corrected chi connectivity index (χ4v) is 2.99. The van der Waals surface area contributed by atoms with E-state index in [1.165, 1.54) is 10.4 Å². The van der Waals surface area contributed by atoms with Gasteiger partial charge < -0.3 is 10.2 Å². The van der Waals surface area contributed by atoms with Crippen molar-refractivity contribution in [1.82, 2.24) is 15.3 Å². The molecule has 2 heterocycles. The van der Waals surface area contributed by atoms with E-state index in [1.54, 1.807) is 11.3 Å². The van der Waals surface area contributed by atoms with E-state index in [9.17, 15) is 0 Å². The maximum absolute atomic E-state index is 4.49. The number of aryl methyl sites for hydroxylation is 1. The topological polar surface area (TPSA) is 41.1 Å². The minimum absolute atomic E-state index is 0.352. The summed E-state index contributed by atoms with van der Waals surface area (Å²) in [5.74, 6) is 1.01. The van der Waals surface area contributed by atoms with Gasteiger partial charge in [-0.3, -0.25) is 0 Å². The molecule has 0 aromatic carbocycles. The van der Waals surface area contributed by atoms with E-state index in [-0.39, 0.29) is 0 Å². The van der Waals surface area contributed by atoms with Crippen LogP contribution in [0.15, 0.2) is 23.8 Å². The molecule has 0 aliphatic rings. The molecule has 0 bridgehead atoms. The molecule has 0 spiro atoms. The van der Waals surface area contributed by atoms with E-state index < -0.39 is 0 Å². The third kappa shape index (κ3) is 4.25. The number of nitrogens with zero attached hydrogens (tertiary/aromatic N) is 3. The van der Waals surface area contributed by atoms with Gasteiger partial charge in [0.1, 0.15) is 5.82 Å². The number of hydrogen-bond acceptors (Lipinski definition) is 5. The molecule has 2 aromatic rings. The highest BCUT2D eigenvalue weighted by molar-refractivity contribution is 7.09. The number of anilines is 1. The molecule has 1 unspecified atom stereocenters. The first-order valence-electron chi connectivity index (χ1n) is 7.41. The first-order valence-corrected chi connectivity index (χ1v) is 8.29. The predicted molar refractivity (Wildman–Crippen MR) is 89.9 cm³/mol. The number of hydrogen-bond donors (Lipinski definition) is 1. The molecular weight excluding hydrogens is 280 g/mol. The highest BCUT2D eigenvalue weighted by Crippen LogP contribution is 2.21. The van der Waals surface area contributed by atoms with E-state index in [0.717, 1.165) is 31.0 Å². The molecule has 1 N–H and O–H groups in total. The number of rotatable bonds is 7. The van der Waals surface area contributed by atoms with Gasteiger partial charge in [-0.25, -0.2) is 9.97 Å². The van der Waals surface area contributed by atoms with Crippen molar-refractivity contribution in [2.24, 2.45) is 0 Å². The minimum Gasteiger partial charge on any atom is -0.354 e. The summed E-state index contributed by atoms with van der Waals surface area (Å²) in [7, 11) is 2.08. The van der Waals surface area contributed by atoms with Gasteiger partial charge in [0.2, 0.25) is 0 Å². The lowest BCUT2D eigenvalue weighted by Gasteiger charge is -2.20. The normalized spacial score (nSPS) is 12.4. The monoisotopic (exact) mass is 304 g/mol. The first-order chi connectivity index (χ1) is 10.1. The van der Waals surface area contributed by atoms with Crippen LogP contribution in [0.25, 0.3) is 0 Å². The Balaban J connectivity index is 2.07. The van der Waals surface area contributed by atoms with Gasteiger partial charge in [0.15, 0.2) is 0 Å². The molecule has 0 aliphatic carbocycles. The molecule has 5 heteroatoms. The van der Waals surface area contributed by atoms with Crippen molar-refractivity contribution < 1.29 is 0 Å². The van der Waals surface area contributed by atoms with Gasteiger partial charge in [-0.2, -0.15) is 0 Å². The third-order valence-corrected chi connectivity index (χ3v) is 4.51. The van der Waals surface area contributed by atoms with Crippen LogP contribution >= 0.6 is 11.3 Å². The molecule has 0 saturated carbocycles. The fraction of sp³-hybridized carbons (Fsp3) is 0.500. The molecule has 0 aliphatic heterocycles. The average molecular weight is 304 g/mol. The summed E-state index contributed by atoms with van der Waals surface area (Å²) >= 11 is 1.70. The molecule has 114 valence electrons. The number of thiazole rings is 1. The van der Waals surface area contributed by atoms with Crippen LogP contribution in [0.1, 0.15) is 42.4 Å². The first kappa shape index (κ1) is 15.9. The Labute approximate surface area is 131 Å². The molecule has 0 saturated heterocycles. The van der Waals surface area contributed by atoms with E-state index in [1.807, 2.05) is 11.7 Å². The molecule has 0 amide bonds. The van der Waals surface area contributed by atoms with Gasteiger partial charge in [-0.15, -0.1) is 11.3 Å². The zero-order chi connectivity index (χ0) is 15.2. The van der Waals surface area contributed by atoms with E-state index in [4.69, 9.17) is 0 Å². The van der Waals surface area contributed by atoms with Crippen molar-refractivity contribution in [3.8, 4) is 0 Å². The Morgan fingerprint density at radius 2 is 2.19 bits per heavy atom. The van der Waals surface area contributed by atoms with Crippen molar-refractivity contribution in [2.75, 3.05) is 18.5 Å². The van der Waals surface area contributed by atoms with Gasteiger partial charge in [0.25, 0.3) is 0 Å². The highest BCUT2D eigenvalue weighted by atomic mass is 32.1. The Bertz CT molecular complexity index is 567. The minimum atomic E-state index is 0.352. The maximum Gasteiger partial charge on any atom is 0.128 e. The smallest absolute Gasteiger partial charge is 0.128 e. The quantitative estimate of drug-likeness (QED) is 0.849. The molecule has 4 nitrogen and oxygen atoms in total. The van der Waals surface area contributed by atoms with Gasteiger partial charge in [0.05, 0.1) is 17.7 Å². The van der Waals surface area contributed by atoms with Crippen LogP contribution in [0.5, 0.6) is 0 Å². The van der Waals surface area contributed by atoms with E-state index in [0.29, 0.717) is 6.04 Å². The van der Waals surface area contributed by atoms with Crippen LogP contribution in [-0.4, -0.2) is 23.6 Å². The summed E-state index contributed by atoms with van der Waals surface area (Å²) in [5.41, 5.74) is 4.29. The van der Waals surface area contributed by atoms with E-state index >= 15 is 0 Å². The van der Waals surface area contributed by atoms with Gasteiger partial charge >= 0.3 is 0 Å². The lowest BCUT2D eigenvalue weighted by atomic mass is 10.1. The Morgan fingerprint density at radius 3 is 2.86 bits per heavy atom. The lowest BCUT2D eigenvalue weighted by molar-refractivity contribution is 0.570. The molecule has 2 rings (SSSR count). The van der Waals surface area contributed by atoms with Crippen molar-refractivity contribution in [3.05, 3.63) is 40.0 Å². The zero-order valence-corrected chi connectivity index (χ0v) is 14.1. The number of pyridine rings is 1.